The molecule has 0 heterocycles. The third-order valence-electron chi connectivity index (χ3n) is 3.57. The van der Waals surface area contributed by atoms with Crippen molar-refractivity contribution in [1.82, 2.24) is 10.6 Å². The molecular weight excluding hydrogens is 348 g/mol. The second-order valence-electron chi connectivity index (χ2n) is 7.27. The molecule has 7 nitrogen and oxygen atoms in total. The molecule has 2 amide bonds. The van der Waals surface area contributed by atoms with E-state index < -0.39 is 12.1 Å². The summed E-state index contributed by atoms with van der Waals surface area (Å²) in [6.45, 7) is 9.09. The number of esters is 1. The fourth-order valence-corrected chi connectivity index (χ4v) is 2.49. The Morgan fingerprint density at radius 1 is 0.926 bits per heavy atom. The summed E-state index contributed by atoms with van der Waals surface area (Å²) in [5.74, 6) is 0.202. The first kappa shape index (κ1) is 22.5. The van der Waals surface area contributed by atoms with E-state index in [9.17, 15) is 14.4 Å². The third-order valence-corrected chi connectivity index (χ3v) is 3.57. The third kappa shape index (κ3) is 8.11. The molecule has 0 fully saturated rings. The second-order valence-corrected chi connectivity index (χ2v) is 7.27. The number of carbonyl (C=O) groups excluding carboxylic acids is 3. The van der Waals surface area contributed by atoms with E-state index in [-0.39, 0.29) is 29.4 Å². The van der Waals surface area contributed by atoms with Crippen LogP contribution in [0.1, 0.15) is 59.2 Å². The summed E-state index contributed by atoms with van der Waals surface area (Å²) in [6, 6.07) is 4.89. The largest absolute Gasteiger partial charge is 0.493 e. The molecule has 0 bridgehead atoms. The number of carbonyl (C=O) groups is 3. The SMILES string of the molecule is COc1cc(C(NC(=O)CC(C)C)NC(=O)CC(C)C)ccc1OC(C)=O. The summed E-state index contributed by atoms with van der Waals surface area (Å²) < 4.78 is 10.4. The highest BCUT2D eigenvalue weighted by Gasteiger charge is 2.20. The Labute approximate surface area is 160 Å². The van der Waals surface area contributed by atoms with Crippen LogP contribution in [0.2, 0.25) is 0 Å². The van der Waals surface area contributed by atoms with Gasteiger partial charge in [0.05, 0.1) is 7.11 Å². The van der Waals surface area contributed by atoms with Crippen LogP contribution in [0, 0.1) is 11.8 Å². The molecule has 2 N–H and O–H groups in total. The number of methoxy groups -OCH3 is 1. The molecular formula is C20H30N2O5. The highest BCUT2D eigenvalue weighted by Crippen LogP contribution is 2.30. The summed E-state index contributed by atoms with van der Waals surface area (Å²) in [6.07, 6.45) is -0.0129. The van der Waals surface area contributed by atoms with Gasteiger partial charge in [-0.25, -0.2) is 0 Å². The molecule has 1 aromatic rings. The van der Waals surface area contributed by atoms with Crippen molar-refractivity contribution in [3.05, 3.63) is 23.8 Å². The standard InChI is InChI=1S/C20H30N2O5/c1-12(2)9-18(24)21-20(22-19(25)10-13(3)4)15-7-8-16(27-14(5)23)17(11-15)26-6/h7-8,11-13,20H,9-10H2,1-6H3,(H,21,24)(H,22,25). The number of rotatable bonds is 9. The molecule has 1 aromatic carbocycles. The van der Waals surface area contributed by atoms with Crippen LogP contribution >= 0.6 is 0 Å². The van der Waals surface area contributed by atoms with Gasteiger partial charge in [0.25, 0.3) is 0 Å². The molecule has 0 aromatic heterocycles. The van der Waals surface area contributed by atoms with Gasteiger partial charge in [0.1, 0.15) is 6.17 Å². The predicted molar refractivity (Wildman–Crippen MR) is 102 cm³/mol. The van der Waals surface area contributed by atoms with Crippen molar-refractivity contribution in [1.29, 1.82) is 0 Å². The lowest BCUT2D eigenvalue weighted by molar-refractivity contribution is -0.132. The van der Waals surface area contributed by atoms with E-state index in [0.717, 1.165) is 0 Å². The summed E-state index contributed by atoms with van der Waals surface area (Å²) in [4.78, 5) is 35.7. The molecule has 0 unspecified atom stereocenters. The van der Waals surface area contributed by atoms with Crippen LogP contribution in [0.5, 0.6) is 11.5 Å². The summed E-state index contributed by atoms with van der Waals surface area (Å²) in [7, 11) is 1.45. The van der Waals surface area contributed by atoms with Crippen molar-refractivity contribution in [3.63, 3.8) is 0 Å². The topological polar surface area (TPSA) is 93.7 Å². The van der Waals surface area contributed by atoms with Gasteiger partial charge in [-0.1, -0.05) is 33.8 Å². The van der Waals surface area contributed by atoms with Crippen molar-refractivity contribution in [2.24, 2.45) is 11.8 Å². The lowest BCUT2D eigenvalue weighted by atomic mass is 10.1. The molecule has 27 heavy (non-hydrogen) atoms. The Morgan fingerprint density at radius 3 is 1.85 bits per heavy atom. The second kappa shape index (κ2) is 10.5. The van der Waals surface area contributed by atoms with Gasteiger partial charge >= 0.3 is 5.97 Å². The lowest BCUT2D eigenvalue weighted by Crippen LogP contribution is -2.41. The highest BCUT2D eigenvalue weighted by molar-refractivity contribution is 5.80. The number of nitrogens with one attached hydrogen (secondary N) is 2. The van der Waals surface area contributed by atoms with Crippen molar-refractivity contribution < 1.29 is 23.9 Å². The molecule has 0 saturated carbocycles. The van der Waals surface area contributed by atoms with E-state index in [2.05, 4.69) is 10.6 Å². The monoisotopic (exact) mass is 378 g/mol. The Balaban J connectivity index is 3.10. The normalized spacial score (nSPS) is 10.9. The Hall–Kier alpha value is -2.57. The quantitative estimate of drug-likeness (QED) is 0.391. The van der Waals surface area contributed by atoms with Crippen LogP contribution in [0.15, 0.2) is 18.2 Å². The summed E-state index contributed by atoms with van der Waals surface area (Å²) >= 11 is 0. The molecule has 0 aliphatic carbocycles. The maximum atomic E-state index is 12.2. The minimum Gasteiger partial charge on any atom is -0.493 e. The Kier molecular flexibility index (Phi) is 8.78. The minimum absolute atomic E-state index is 0.164. The van der Waals surface area contributed by atoms with E-state index >= 15 is 0 Å². The average molecular weight is 378 g/mol. The van der Waals surface area contributed by atoms with Crippen LogP contribution < -0.4 is 20.1 Å². The van der Waals surface area contributed by atoms with Crippen LogP contribution in [0.3, 0.4) is 0 Å². The Morgan fingerprint density at radius 2 is 1.44 bits per heavy atom. The van der Waals surface area contributed by atoms with Gasteiger partial charge in [-0.15, -0.1) is 0 Å². The van der Waals surface area contributed by atoms with Crippen LogP contribution in [0.25, 0.3) is 0 Å². The van der Waals surface area contributed by atoms with Gasteiger partial charge in [0.2, 0.25) is 11.8 Å². The first-order chi connectivity index (χ1) is 12.6. The van der Waals surface area contributed by atoms with E-state index in [0.29, 0.717) is 24.2 Å². The van der Waals surface area contributed by atoms with Gasteiger partial charge in [0, 0.05) is 19.8 Å². The van der Waals surface area contributed by atoms with Crippen molar-refractivity contribution in [2.75, 3.05) is 7.11 Å². The highest BCUT2D eigenvalue weighted by atomic mass is 16.6. The van der Waals surface area contributed by atoms with Gasteiger partial charge in [0.15, 0.2) is 11.5 Å². The zero-order chi connectivity index (χ0) is 20.6. The smallest absolute Gasteiger partial charge is 0.308 e. The lowest BCUT2D eigenvalue weighted by Gasteiger charge is -2.23. The fourth-order valence-electron chi connectivity index (χ4n) is 2.49. The molecule has 0 atom stereocenters. The molecule has 0 saturated heterocycles. The average Bonchev–Trinajstić information content (AvgIpc) is 2.52. The molecule has 0 aliphatic heterocycles. The van der Waals surface area contributed by atoms with Crippen LogP contribution in [-0.4, -0.2) is 24.9 Å². The van der Waals surface area contributed by atoms with E-state index in [1.54, 1.807) is 18.2 Å². The minimum atomic E-state index is -0.706. The van der Waals surface area contributed by atoms with Gasteiger partial charge in [-0.05, 0) is 29.5 Å². The zero-order valence-corrected chi connectivity index (χ0v) is 16.9. The maximum Gasteiger partial charge on any atom is 0.308 e. The van der Waals surface area contributed by atoms with Gasteiger partial charge < -0.3 is 20.1 Å². The van der Waals surface area contributed by atoms with Crippen molar-refractivity contribution in [3.8, 4) is 11.5 Å². The summed E-state index contributed by atoms with van der Waals surface area (Å²) in [5, 5.41) is 5.69. The first-order valence-electron chi connectivity index (χ1n) is 9.07. The van der Waals surface area contributed by atoms with Crippen molar-refractivity contribution >= 4 is 17.8 Å². The van der Waals surface area contributed by atoms with Crippen LogP contribution in [0.4, 0.5) is 0 Å². The van der Waals surface area contributed by atoms with E-state index in [1.165, 1.54) is 14.0 Å². The number of amides is 2. The molecule has 0 aliphatic rings. The zero-order valence-electron chi connectivity index (χ0n) is 16.9. The predicted octanol–water partition coefficient (Wildman–Crippen LogP) is 2.94. The molecule has 150 valence electrons. The van der Waals surface area contributed by atoms with Gasteiger partial charge in [-0.2, -0.15) is 0 Å². The maximum absolute atomic E-state index is 12.2. The molecule has 7 heteroatoms. The Bertz CT molecular complexity index is 646. The van der Waals surface area contributed by atoms with Gasteiger partial charge in [-0.3, -0.25) is 14.4 Å². The van der Waals surface area contributed by atoms with Crippen LogP contribution in [-0.2, 0) is 14.4 Å². The molecule has 1 rings (SSSR count). The summed E-state index contributed by atoms with van der Waals surface area (Å²) in [5.41, 5.74) is 0.622. The number of hydrogen-bond acceptors (Lipinski definition) is 5. The van der Waals surface area contributed by atoms with E-state index in [1.807, 2.05) is 27.7 Å². The van der Waals surface area contributed by atoms with Crippen molar-refractivity contribution in [2.45, 2.75) is 53.6 Å². The molecule has 0 radical (unpaired) electrons. The fraction of sp³-hybridized carbons (Fsp3) is 0.550. The van der Waals surface area contributed by atoms with E-state index in [4.69, 9.17) is 9.47 Å². The number of benzene rings is 1. The first-order valence-corrected chi connectivity index (χ1v) is 9.07. The number of ether oxygens (including phenoxy) is 2. The number of hydrogen-bond donors (Lipinski definition) is 2. The molecule has 0 spiro atoms.